The number of hydrogen-bond acceptors (Lipinski definition) is 4. The molecule has 0 saturated carbocycles. The van der Waals surface area contributed by atoms with Crippen LogP contribution in [0, 0.1) is 0 Å². The maximum Gasteiger partial charge on any atom is 0.306 e. The van der Waals surface area contributed by atoms with Crippen LogP contribution in [0.3, 0.4) is 0 Å². The van der Waals surface area contributed by atoms with Crippen LogP contribution in [0.25, 0.3) is 0 Å². The van der Waals surface area contributed by atoms with Crippen LogP contribution in [0.2, 0.25) is 0 Å². The molecule has 1 rings (SSSR count). The highest BCUT2D eigenvalue weighted by Gasteiger charge is 2.04. The highest BCUT2D eigenvalue weighted by molar-refractivity contribution is 5.69. The first kappa shape index (κ1) is 28.4. The largest absolute Gasteiger partial charge is 0.463 e. The molecular formula is C21H42N2O2. The van der Waals surface area contributed by atoms with Crippen molar-refractivity contribution in [2.75, 3.05) is 27.7 Å². The van der Waals surface area contributed by atoms with Gasteiger partial charge in [0.2, 0.25) is 0 Å². The quantitative estimate of drug-likeness (QED) is 0.369. The van der Waals surface area contributed by atoms with Crippen molar-refractivity contribution in [3.8, 4) is 0 Å². The highest BCUT2D eigenvalue weighted by atomic mass is 16.5. The van der Waals surface area contributed by atoms with Gasteiger partial charge in [-0.1, -0.05) is 38.2 Å². The lowest BCUT2D eigenvalue weighted by Gasteiger charge is -2.09. The number of hydrogen-bond donors (Lipinski definition) is 0. The molecule has 0 aliphatic heterocycles. The molecule has 0 spiro atoms. The number of allylic oxidation sites excluding steroid dienone is 4. The third kappa shape index (κ3) is 34.8. The summed E-state index contributed by atoms with van der Waals surface area (Å²) >= 11 is 0. The Morgan fingerprint density at radius 1 is 1.16 bits per heavy atom. The van der Waals surface area contributed by atoms with E-state index in [9.17, 15) is 4.79 Å². The normalized spacial score (nSPS) is 11.9. The molecule has 0 N–H and O–H groups in total. The molecule has 0 aromatic carbocycles. The summed E-state index contributed by atoms with van der Waals surface area (Å²) < 4.78 is 5.00. The Kier molecular flexibility index (Phi) is 28.2. The molecule has 4 nitrogen and oxygen atoms in total. The monoisotopic (exact) mass is 354 g/mol. The Balaban J connectivity index is -0.000000335. The molecule has 0 unspecified atom stereocenters. The van der Waals surface area contributed by atoms with Crippen LogP contribution in [-0.4, -0.2) is 51.4 Å². The molecule has 0 amide bonds. The van der Waals surface area contributed by atoms with E-state index < -0.39 is 0 Å². The number of carbonyl (C=O) groups is 1. The van der Waals surface area contributed by atoms with Crippen LogP contribution in [0.1, 0.15) is 66.2 Å². The van der Waals surface area contributed by atoms with E-state index in [1.165, 1.54) is 19.3 Å². The average Bonchev–Trinajstić information content (AvgIpc) is 2.87. The number of carbonyl (C=O) groups excluding carboxylic acids is 1. The van der Waals surface area contributed by atoms with E-state index in [-0.39, 0.29) is 12.1 Å². The predicted molar refractivity (Wildman–Crippen MR) is 113 cm³/mol. The minimum absolute atomic E-state index is 0.0151. The van der Waals surface area contributed by atoms with Gasteiger partial charge in [-0.3, -0.25) is 4.79 Å². The molecule has 0 saturated heterocycles. The zero-order chi connectivity index (χ0) is 19.9. The van der Waals surface area contributed by atoms with Crippen molar-refractivity contribution in [1.29, 1.82) is 0 Å². The second kappa shape index (κ2) is 24.8. The lowest BCUT2D eigenvalue weighted by Crippen LogP contribution is -2.14. The molecule has 0 aromatic heterocycles. The molecule has 0 bridgehead atoms. The second-order valence-electron chi connectivity index (χ2n) is 5.90. The second-order valence-corrected chi connectivity index (χ2v) is 5.90. The van der Waals surface area contributed by atoms with Gasteiger partial charge in [0, 0.05) is 13.5 Å². The number of ether oxygens (including phenoxy) is 1. The van der Waals surface area contributed by atoms with E-state index in [0.717, 1.165) is 19.4 Å². The van der Waals surface area contributed by atoms with Crippen molar-refractivity contribution in [3.05, 3.63) is 24.3 Å². The first-order valence-electron chi connectivity index (χ1n) is 9.44. The molecule has 0 radical (unpaired) electrons. The van der Waals surface area contributed by atoms with Crippen molar-refractivity contribution in [2.45, 2.75) is 72.3 Å². The summed E-state index contributed by atoms with van der Waals surface area (Å²) in [6.45, 7) is 11.9. The lowest BCUT2D eigenvalue weighted by atomic mass is 10.2. The van der Waals surface area contributed by atoms with Gasteiger partial charge in [0.25, 0.3) is 0 Å². The van der Waals surface area contributed by atoms with Gasteiger partial charge in [0.1, 0.15) is 0 Å². The van der Waals surface area contributed by atoms with Crippen LogP contribution in [0.4, 0.5) is 0 Å². The van der Waals surface area contributed by atoms with E-state index >= 15 is 0 Å². The van der Waals surface area contributed by atoms with Crippen LogP contribution in [-0.2, 0) is 9.53 Å². The molecule has 0 aromatic rings. The molecular weight excluding hydrogens is 312 g/mol. The highest BCUT2D eigenvalue weighted by Crippen LogP contribution is 2.02. The predicted octanol–water partition coefficient (Wildman–Crippen LogP) is 5.30. The summed E-state index contributed by atoms with van der Waals surface area (Å²) in [5.74, 6) is -0.0752. The fourth-order valence-electron chi connectivity index (χ4n) is 1.72. The van der Waals surface area contributed by atoms with Gasteiger partial charge in [0.15, 0.2) is 0 Å². The molecule has 148 valence electrons. The summed E-state index contributed by atoms with van der Waals surface area (Å²) in [6, 6.07) is 0. The molecule has 4 heteroatoms. The Morgan fingerprint density at radius 2 is 1.64 bits per heavy atom. The summed E-state index contributed by atoms with van der Waals surface area (Å²) in [5, 5.41) is 0. The number of rotatable bonds is 6. The number of esters is 1. The Bertz CT molecular complexity index is 323. The molecule has 1 aliphatic rings. The van der Waals surface area contributed by atoms with Crippen LogP contribution in [0.5, 0.6) is 0 Å². The third-order valence-electron chi connectivity index (χ3n) is 2.73. The van der Waals surface area contributed by atoms with Crippen LogP contribution in [0.15, 0.2) is 29.3 Å². The van der Waals surface area contributed by atoms with Gasteiger partial charge in [-0.25, -0.2) is 0 Å². The minimum atomic E-state index is -0.0752. The standard InChI is InChI=1S/C10H21NO2.C7H10.C2H5N.C2H6/c1-9(2)13-10(12)7-5-6-8-11(3)4;1-2-4-6-7-5-3-1;1-3-2;1-2/h9H,5-8H2,1-4H3;1-4H,5-7H2;1H2,2H3;1-2H3. The summed E-state index contributed by atoms with van der Waals surface area (Å²) in [7, 11) is 5.71. The lowest BCUT2D eigenvalue weighted by molar-refractivity contribution is -0.147. The maximum absolute atomic E-state index is 11.1. The zero-order valence-corrected chi connectivity index (χ0v) is 17.8. The Labute approximate surface area is 157 Å². The maximum atomic E-state index is 11.1. The molecule has 0 fully saturated rings. The van der Waals surface area contributed by atoms with E-state index in [1.54, 1.807) is 7.05 Å². The van der Waals surface area contributed by atoms with Gasteiger partial charge < -0.3 is 14.6 Å². The van der Waals surface area contributed by atoms with Crippen molar-refractivity contribution in [1.82, 2.24) is 4.90 Å². The van der Waals surface area contributed by atoms with Gasteiger partial charge in [-0.15, -0.1) is 0 Å². The van der Waals surface area contributed by atoms with Crippen molar-refractivity contribution < 1.29 is 9.53 Å². The molecule has 0 heterocycles. The molecule has 0 atom stereocenters. The van der Waals surface area contributed by atoms with Gasteiger partial charge in [0.05, 0.1) is 6.10 Å². The van der Waals surface area contributed by atoms with E-state index in [2.05, 4.69) is 40.9 Å². The SMILES string of the molecule is C1=CCCCC=C1.C=NC.CC.CC(C)OC(=O)CCCCN(C)C. The number of nitrogens with zero attached hydrogens (tertiary/aromatic N) is 2. The molecule has 25 heavy (non-hydrogen) atoms. The van der Waals surface area contributed by atoms with Gasteiger partial charge in [-0.2, -0.15) is 0 Å². The van der Waals surface area contributed by atoms with Gasteiger partial charge in [-0.05, 0) is 73.3 Å². The average molecular weight is 355 g/mol. The van der Waals surface area contributed by atoms with E-state index in [1.807, 2.05) is 41.8 Å². The first-order valence-corrected chi connectivity index (χ1v) is 9.44. The van der Waals surface area contributed by atoms with E-state index in [0.29, 0.717) is 6.42 Å². The van der Waals surface area contributed by atoms with Crippen molar-refractivity contribution >= 4 is 12.7 Å². The topological polar surface area (TPSA) is 41.9 Å². The van der Waals surface area contributed by atoms with Crippen LogP contribution < -0.4 is 0 Å². The van der Waals surface area contributed by atoms with Crippen LogP contribution >= 0.6 is 0 Å². The third-order valence-corrected chi connectivity index (χ3v) is 2.73. The van der Waals surface area contributed by atoms with Gasteiger partial charge >= 0.3 is 5.97 Å². The summed E-state index contributed by atoms with van der Waals surface area (Å²) in [4.78, 5) is 16.4. The number of aliphatic imine (C=N–C) groups is 1. The Hall–Kier alpha value is -1.42. The molecule has 1 aliphatic carbocycles. The van der Waals surface area contributed by atoms with E-state index in [4.69, 9.17) is 4.74 Å². The number of unbranched alkanes of at least 4 members (excludes halogenated alkanes) is 1. The zero-order valence-electron chi connectivity index (χ0n) is 17.8. The summed E-state index contributed by atoms with van der Waals surface area (Å²) in [5.41, 5.74) is 0. The minimum Gasteiger partial charge on any atom is -0.463 e. The fraction of sp³-hybridized carbons (Fsp3) is 0.714. The fourth-order valence-corrected chi connectivity index (χ4v) is 1.72. The van der Waals surface area contributed by atoms with Crippen molar-refractivity contribution in [2.24, 2.45) is 4.99 Å². The Morgan fingerprint density at radius 3 is 2.04 bits per heavy atom. The smallest absolute Gasteiger partial charge is 0.306 e. The first-order chi connectivity index (χ1) is 11.9. The van der Waals surface area contributed by atoms with Crippen molar-refractivity contribution in [3.63, 3.8) is 0 Å². The summed E-state index contributed by atoms with van der Waals surface area (Å²) in [6.07, 6.45) is 15.0.